The van der Waals surface area contributed by atoms with Crippen molar-refractivity contribution in [2.45, 2.75) is 0 Å². The summed E-state index contributed by atoms with van der Waals surface area (Å²) in [5, 5.41) is 0.911. The molecule has 70 valence electrons. The Bertz CT molecular complexity index is 352. The van der Waals surface area contributed by atoms with Gasteiger partial charge in [0.25, 0.3) is 0 Å². The highest BCUT2D eigenvalue weighted by Gasteiger charge is 2.12. The van der Waals surface area contributed by atoms with E-state index in [1.165, 1.54) is 0 Å². The van der Waals surface area contributed by atoms with Crippen LogP contribution in [-0.4, -0.2) is 11.1 Å². The maximum Gasteiger partial charge on any atom is 0.174 e. The fourth-order valence-corrected chi connectivity index (χ4v) is 2.16. The van der Waals surface area contributed by atoms with Gasteiger partial charge in [-0.05, 0) is 12.1 Å². The molecule has 1 aromatic rings. The molecule has 0 saturated heterocycles. The summed E-state index contributed by atoms with van der Waals surface area (Å²) in [6.45, 7) is 0. The summed E-state index contributed by atoms with van der Waals surface area (Å²) < 4.78 is 0.742. The van der Waals surface area contributed by atoms with E-state index >= 15 is 0 Å². The molecule has 5 heteroatoms. The number of ketones is 1. The van der Waals surface area contributed by atoms with Crippen LogP contribution in [0.1, 0.15) is 10.4 Å². The number of carbonyl (C=O) groups is 1. The first-order chi connectivity index (χ1) is 6.06. The number of halogens is 4. The molecule has 1 nitrogen and oxygen atoms in total. The van der Waals surface area contributed by atoms with Crippen LogP contribution in [0.15, 0.2) is 16.6 Å². The first-order valence-electron chi connectivity index (χ1n) is 3.30. The van der Waals surface area contributed by atoms with Gasteiger partial charge in [0.05, 0.1) is 15.4 Å². The molecule has 0 spiro atoms. The molecule has 1 aromatic carbocycles. The van der Waals surface area contributed by atoms with Gasteiger partial charge in [0.15, 0.2) is 5.78 Å². The molecular formula is C8H4Br2Cl2O. The van der Waals surface area contributed by atoms with E-state index < -0.39 is 0 Å². The number of rotatable bonds is 2. The second-order valence-electron chi connectivity index (χ2n) is 2.31. The zero-order valence-corrected chi connectivity index (χ0v) is 11.0. The van der Waals surface area contributed by atoms with E-state index in [1.807, 2.05) is 0 Å². The number of Topliss-reactive ketones (excluding diaryl/α,β-unsaturated/α-hetero) is 1. The lowest BCUT2D eigenvalue weighted by molar-refractivity contribution is 0.102. The van der Waals surface area contributed by atoms with E-state index in [0.29, 0.717) is 15.6 Å². The van der Waals surface area contributed by atoms with Gasteiger partial charge in [-0.25, -0.2) is 0 Å². The molecule has 0 N–H and O–H groups in total. The van der Waals surface area contributed by atoms with Crippen molar-refractivity contribution in [2.75, 3.05) is 5.33 Å². The Morgan fingerprint density at radius 2 is 2.00 bits per heavy atom. The largest absolute Gasteiger partial charge is 0.293 e. The van der Waals surface area contributed by atoms with Crippen molar-refractivity contribution in [3.8, 4) is 0 Å². The zero-order chi connectivity index (χ0) is 10.0. The highest BCUT2D eigenvalue weighted by atomic mass is 79.9. The van der Waals surface area contributed by atoms with Crippen molar-refractivity contribution in [1.29, 1.82) is 0 Å². The summed E-state index contributed by atoms with van der Waals surface area (Å²) in [5.74, 6) is -0.0896. The molecule has 0 bridgehead atoms. The average Bonchev–Trinajstić information content (AvgIpc) is 2.10. The minimum absolute atomic E-state index is 0.0896. The fraction of sp³-hybridized carbons (Fsp3) is 0.125. The van der Waals surface area contributed by atoms with Gasteiger partial charge in [-0.1, -0.05) is 55.1 Å². The van der Waals surface area contributed by atoms with Gasteiger partial charge in [-0.3, -0.25) is 4.79 Å². The van der Waals surface area contributed by atoms with Gasteiger partial charge in [-0.15, -0.1) is 0 Å². The van der Waals surface area contributed by atoms with Crippen LogP contribution in [0.4, 0.5) is 0 Å². The van der Waals surface area contributed by atoms with Crippen LogP contribution in [0.2, 0.25) is 10.0 Å². The Kier molecular flexibility index (Phi) is 4.23. The number of benzene rings is 1. The van der Waals surface area contributed by atoms with Crippen molar-refractivity contribution in [3.05, 3.63) is 32.2 Å². The molecule has 0 radical (unpaired) electrons. The molecule has 0 fully saturated rings. The van der Waals surface area contributed by atoms with Gasteiger partial charge in [-0.2, -0.15) is 0 Å². The predicted molar refractivity (Wildman–Crippen MR) is 62.3 cm³/mol. The minimum Gasteiger partial charge on any atom is -0.293 e. The summed E-state index contributed by atoms with van der Waals surface area (Å²) in [4.78, 5) is 11.3. The van der Waals surface area contributed by atoms with Gasteiger partial charge in [0.1, 0.15) is 0 Å². The summed E-state index contributed by atoms with van der Waals surface area (Å²) in [7, 11) is 0. The average molecular weight is 347 g/mol. The van der Waals surface area contributed by atoms with Crippen LogP contribution < -0.4 is 0 Å². The lowest BCUT2D eigenvalue weighted by Crippen LogP contribution is -2.01. The molecule has 0 aromatic heterocycles. The standard InChI is InChI=1S/C8H4Br2Cl2O/c9-3-7(13)5-1-4(10)2-6(11)8(5)12/h1-2H,3H2. The Morgan fingerprint density at radius 1 is 1.38 bits per heavy atom. The predicted octanol–water partition coefficient (Wildman–Crippen LogP) is 4.33. The van der Waals surface area contributed by atoms with Crippen molar-refractivity contribution in [1.82, 2.24) is 0 Å². The molecule has 0 heterocycles. The maximum absolute atomic E-state index is 11.3. The number of hydrogen-bond acceptors (Lipinski definition) is 1. The summed E-state index contributed by atoms with van der Waals surface area (Å²) in [6.07, 6.45) is 0. The minimum atomic E-state index is -0.0896. The fourth-order valence-electron chi connectivity index (χ4n) is 0.831. The normalized spacial score (nSPS) is 10.2. The van der Waals surface area contributed by atoms with E-state index in [2.05, 4.69) is 31.9 Å². The van der Waals surface area contributed by atoms with Crippen molar-refractivity contribution < 1.29 is 4.79 Å². The topological polar surface area (TPSA) is 17.1 Å². The second kappa shape index (κ2) is 4.78. The van der Waals surface area contributed by atoms with Gasteiger partial charge in [0, 0.05) is 10.0 Å². The molecule has 13 heavy (non-hydrogen) atoms. The summed E-state index contributed by atoms with van der Waals surface area (Å²) >= 11 is 17.9. The Hall–Kier alpha value is 0.430. The van der Waals surface area contributed by atoms with E-state index in [9.17, 15) is 4.79 Å². The second-order valence-corrected chi connectivity index (χ2v) is 4.57. The first kappa shape index (κ1) is 11.5. The monoisotopic (exact) mass is 344 g/mol. The lowest BCUT2D eigenvalue weighted by Gasteiger charge is -2.03. The van der Waals surface area contributed by atoms with Crippen LogP contribution in [0.5, 0.6) is 0 Å². The molecule has 0 aliphatic heterocycles. The first-order valence-corrected chi connectivity index (χ1v) is 5.97. The van der Waals surface area contributed by atoms with Crippen LogP contribution >= 0.6 is 55.1 Å². The van der Waals surface area contributed by atoms with E-state index in [1.54, 1.807) is 12.1 Å². The molecule has 0 saturated carbocycles. The van der Waals surface area contributed by atoms with Gasteiger partial charge in [0.2, 0.25) is 0 Å². The molecular weight excluding hydrogens is 343 g/mol. The molecule has 0 atom stereocenters. The Balaban J connectivity index is 3.28. The third-order valence-electron chi connectivity index (χ3n) is 1.41. The molecule has 0 aliphatic rings. The quantitative estimate of drug-likeness (QED) is 0.442. The third-order valence-corrected chi connectivity index (χ3v) is 3.18. The molecule has 0 unspecified atom stereocenters. The van der Waals surface area contributed by atoms with Crippen LogP contribution in [0.25, 0.3) is 0 Å². The molecule has 0 aliphatic carbocycles. The van der Waals surface area contributed by atoms with E-state index in [-0.39, 0.29) is 11.1 Å². The highest BCUT2D eigenvalue weighted by Crippen LogP contribution is 2.30. The highest BCUT2D eigenvalue weighted by molar-refractivity contribution is 9.10. The van der Waals surface area contributed by atoms with Crippen molar-refractivity contribution in [2.24, 2.45) is 0 Å². The van der Waals surface area contributed by atoms with Crippen LogP contribution in [-0.2, 0) is 0 Å². The Morgan fingerprint density at radius 3 is 2.54 bits per heavy atom. The maximum atomic E-state index is 11.3. The van der Waals surface area contributed by atoms with Crippen molar-refractivity contribution in [3.63, 3.8) is 0 Å². The zero-order valence-electron chi connectivity index (χ0n) is 6.28. The van der Waals surface area contributed by atoms with Crippen LogP contribution in [0, 0.1) is 0 Å². The molecule has 1 rings (SSSR count). The number of alkyl halides is 1. The lowest BCUT2D eigenvalue weighted by atomic mass is 10.1. The van der Waals surface area contributed by atoms with Crippen molar-refractivity contribution >= 4 is 60.8 Å². The smallest absolute Gasteiger partial charge is 0.174 e. The van der Waals surface area contributed by atoms with E-state index in [4.69, 9.17) is 23.2 Å². The number of carbonyl (C=O) groups excluding carboxylic acids is 1. The Labute approximate surface area is 103 Å². The van der Waals surface area contributed by atoms with Gasteiger partial charge >= 0.3 is 0 Å². The van der Waals surface area contributed by atoms with Crippen LogP contribution in [0.3, 0.4) is 0 Å². The van der Waals surface area contributed by atoms with E-state index in [0.717, 1.165) is 4.47 Å². The molecule has 0 amide bonds. The third kappa shape index (κ3) is 2.69. The van der Waals surface area contributed by atoms with Gasteiger partial charge < -0.3 is 0 Å². The SMILES string of the molecule is O=C(CBr)c1cc(Br)cc(Cl)c1Cl. The summed E-state index contributed by atoms with van der Waals surface area (Å²) in [5.41, 5.74) is 0.429. The number of hydrogen-bond donors (Lipinski definition) is 0. The summed E-state index contributed by atoms with van der Waals surface area (Å²) in [6, 6.07) is 3.30.